The molecule has 1 aromatic heterocycles. The van der Waals surface area contributed by atoms with Crippen molar-refractivity contribution in [1.29, 1.82) is 0 Å². The SMILES string of the molecule is COCC1(C)C=C(c2ccc(NC(=O)c3c(F)cccc3F)nc2)c2cc(C)ccc2O1. The first kappa shape index (κ1) is 21.6. The Bertz CT molecular complexity index is 1190. The lowest BCUT2D eigenvalue weighted by Crippen LogP contribution is -2.37. The predicted molar refractivity (Wildman–Crippen MR) is 118 cm³/mol. The van der Waals surface area contributed by atoms with Gasteiger partial charge in [-0.2, -0.15) is 0 Å². The Hall–Kier alpha value is -3.58. The molecule has 1 N–H and O–H groups in total. The summed E-state index contributed by atoms with van der Waals surface area (Å²) in [5.41, 5.74) is 2.41. The van der Waals surface area contributed by atoms with E-state index in [2.05, 4.69) is 10.3 Å². The Morgan fingerprint density at radius 3 is 2.56 bits per heavy atom. The number of carbonyl (C=O) groups excluding carboxylic acids is 1. The van der Waals surface area contributed by atoms with Gasteiger partial charge in [0.1, 0.15) is 34.4 Å². The quantitative estimate of drug-likeness (QED) is 0.601. The normalized spacial score (nSPS) is 17.2. The zero-order valence-electron chi connectivity index (χ0n) is 17.9. The number of nitrogens with one attached hydrogen (secondary N) is 1. The second kappa shape index (κ2) is 8.51. The van der Waals surface area contributed by atoms with E-state index < -0.39 is 28.7 Å². The molecule has 0 saturated carbocycles. The summed E-state index contributed by atoms with van der Waals surface area (Å²) in [6, 6.07) is 12.6. The van der Waals surface area contributed by atoms with Gasteiger partial charge >= 0.3 is 0 Å². The van der Waals surface area contributed by atoms with E-state index in [0.29, 0.717) is 6.61 Å². The van der Waals surface area contributed by atoms with Crippen LogP contribution in [-0.2, 0) is 4.74 Å². The van der Waals surface area contributed by atoms with E-state index in [1.165, 1.54) is 6.07 Å². The minimum atomic E-state index is -0.934. The zero-order chi connectivity index (χ0) is 22.9. The fourth-order valence-corrected chi connectivity index (χ4v) is 3.72. The van der Waals surface area contributed by atoms with E-state index in [9.17, 15) is 13.6 Å². The monoisotopic (exact) mass is 436 g/mol. The van der Waals surface area contributed by atoms with Crippen LogP contribution in [-0.4, -0.2) is 30.2 Å². The molecule has 2 aromatic carbocycles. The van der Waals surface area contributed by atoms with Crippen LogP contribution in [0.4, 0.5) is 14.6 Å². The molecule has 3 aromatic rings. The molecule has 7 heteroatoms. The van der Waals surface area contributed by atoms with Gasteiger partial charge in [-0.3, -0.25) is 4.79 Å². The Morgan fingerprint density at radius 1 is 1.16 bits per heavy atom. The van der Waals surface area contributed by atoms with E-state index >= 15 is 0 Å². The molecule has 0 radical (unpaired) electrons. The van der Waals surface area contributed by atoms with Crippen LogP contribution in [0.25, 0.3) is 5.57 Å². The number of amides is 1. The summed E-state index contributed by atoms with van der Waals surface area (Å²) in [6.07, 6.45) is 3.59. The lowest BCUT2D eigenvalue weighted by Gasteiger charge is -2.34. The smallest absolute Gasteiger partial charge is 0.262 e. The number of nitrogens with zero attached hydrogens (tertiary/aromatic N) is 1. The number of rotatable bonds is 5. The molecule has 32 heavy (non-hydrogen) atoms. The summed E-state index contributed by atoms with van der Waals surface area (Å²) in [6.45, 7) is 4.30. The Kier molecular flexibility index (Phi) is 5.76. The lowest BCUT2D eigenvalue weighted by atomic mass is 9.89. The highest BCUT2D eigenvalue weighted by molar-refractivity contribution is 6.04. The van der Waals surface area contributed by atoms with E-state index in [1.54, 1.807) is 25.4 Å². The van der Waals surface area contributed by atoms with Crippen molar-refractivity contribution in [1.82, 2.24) is 4.98 Å². The molecule has 0 saturated heterocycles. The third-order valence-electron chi connectivity index (χ3n) is 5.15. The van der Waals surface area contributed by atoms with Gasteiger partial charge in [0.25, 0.3) is 5.91 Å². The number of ether oxygens (including phenoxy) is 2. The van der Waals surface area contributed by atoms with Crippen molar-refractivity contribution in [3.05, 3.63) is 94.7 Å². The van der Waals surface area contributed by atoms with Gasteiger partial charge in [0.2, 0.25) is 0 Å². The minimum Gasteiger partial charge on any atom is -0.480 e. The average Bonchev–Trinajstić information content (AvgIpc) is 2.74. The summed E-state index contributed by atoms with van der Waals surface area (Å²) < 4.78 is 39.2. The number of halogens is 2. The van der Waals surface area contributed by atoms with Crippen LogP contribution in [0.15, 0.2) is 60.8 Å². The molecule has 0 aliphatic carbocycles. The van der Waals surface area contributed by atoms with Gasteiger partial charge in [0.05, 0.1) is 6.61 Å². The van der Waals surface area contributed by atoms with Gasteiger partial charge in [-0.1, -0.05) is 17.7 Å². The molecular formula is C25H22F2N2O3. The topological polar surface area (TPSA) is 60.5 Å². The van der Waals surface area contributed by atoms with Crippen molar-refractivity contribution in [2.45, 2.75) is 19.4 Å². The molecule has 1 aliphatic rings. The number of aromatic nitrogens is 1. The number of aryl methyl sites for hydroxylation is 1. The standard InChI is InChI=1S/C25H22F2N2O3/c1-15-7-9-21-17(11-15)18(12-25(2,32-21)14-31-3)16-8-10-22(28-13-16)29-24(30)23-19(26)5-4-6-20(23)27/h4-13H,14H2,1-3H3,(H,28,29,30). The van der Waals surface area contributed by atoms with Gasteiger partial charge in [-0.25, -0.2) is 13.8 Å². The van der Waals surface area contributed by atoms with Crippen molar-refractivity contribution in [3.63, 3.8) is 0 Å². The number of benzene rings is 2. The second-order valence-electron chi connectivity index (χ2n) is 7.89. The molecule has 0 bridgehead atoms. The van der Waals surface area contributed by atoms with E-state index in [-0.39, 0.29) is 5.82 Å². The molecule has 164 valence electrons. The number of hydrogen-bond acceptors (Lipinski definition) is 4. The van der Waals surface area contributed by atoms with E-state index in [0.717, 1.165) is 40.1 Å². The first-order chi connectivity index (χ1) is 15.3. The molecule has 1 unspecified atom stereocenters. The van der Waals surface area contributed by atoms with Crippen LogP contribution in [0.5, 0.6) is 5.75 Å². The van der Waals surface area contributed by atoms with Crippen molar-refractivity contribution in [2.75, 3.05) is 19.0 Å². The van der Waals surface area contributed by atoms with Crippen LogP contribution >= 0.6 is 0 Å². The maximum atomic E-state index is 13.9. The zero-order valence-corrected chi connectivity index (χ0v) is 17.9. The van der Waals surface area contributed by atoms with Gasteiger partial charge < -0.3 is 14.8 Å². The summed E-state index contributed by atoms with van der Waals surface area (Å²) in [5.74, 6) is -1.86. The number of carbonyl (C=O) groups is 1. The van der Waals surface area contributed by atoms with Crippen molar-refractivity contribution in [2.24, 2.45) is 0 Å². The van der Waals surface area contributed by atoms with Crippen LogP contribution in [0.1, 0.15) is 34.0 Å². The molecular weight excluding hydrogens is 414 g/mol. The van der Waals surface area contributed by atoms with Crippen LogP contribution in [0.2, 0.25) is 0 Å². The highest BCUT2D eigenvalue weighted by Crippen LogP contribution is 2.40. The van der Waals surface area contributed by atoms with Crippen molar-refractivity contribution >= 4 is 17.3 Å². The van der Waals surface area contributed by atoms with E-state index in [1.807, 2.05) is 38.1 Å². The van der Waals surface area contributed by atoms with Gasteiger partial charge in [-0.15, -0.1) is 0 Å². The van der Waals surface area contributed by atoms with Crippen LogP contribution in [0, 0.1) is 18.6 Å². The highest BCUT2D eigenvalue weighted by Gasteiger charge is 2.31. The first-order valence-electron chi connectivity index (χ1n) is 10.0. The Balaban J connectivity index is 1.65. The summed E-state index contributed by atoms with van der Waals surface area (Å²) >= 11 is 0. The molecule has 1 atom stereocenters. The molecule has 0 fully saturated rings. The third-order valence-corrected chi connectivity index (χ3v) is 5.15. The summed E-state index contributed by atoms with van der Waals surface area (Å²) in [7, 11) is 1.62. The number of hydrogen-bond donors (Lipinski definition) is 1. The minimum absolute atomic E-state index is 0.179. The predicted octanol–water partition coefficient (Wildman–Crippen LogP) is 5.15. The maximum absolute atomic E-state index is 13.9. The second-order valence-corrected chi connectivity index (χ2v) is 7.89. The Morgan fingerprint density at radius 2 is 1.91 bits per heavy atom. The van der Waals surface area contributed by atoms with Gasteiger partial charge in [0, 0.05) is 24.4 Å². The first-order valence-corrected chi connectivity index (χ1v) is 10.0. The summed E-state index contributed by atoms with van der Waals surface area (Å²) in [4.78, 5) is 16.6. The fraction of sp³-hybridized carbons (Fsp3) is 0.200. The number of fused-ring (bicyclic) bond motifs is 1. The lowest BCUT2D eigenvalue weighted by molar-refractivity contribution is 0.0374. The number of anilines is 1. The third kappa shape index (κ3) is 4.24. The number of pyridine rings is 1. The molecule has 0 spiro atoms. The number of methoxy groups -OCH3 is 1. The largest absolute Gasteiger partial charge is 0.480 e. The molecule has 1 aliphatic heterocycles. The molecule has 5 nitrogen and oxygen atoms in total. The molecule has 4 rings (SSSR count). The molecule has 2 heterocycles. The highest BCUT2D eigenvalue weighted by atomic mass is 19.1. The maximum Gasteiger partial charge on any atom is 0.262 e. The Labute approximate surface area is 184 Å². The van der Waals surface area contributed by atoms with Crippen LogP contribution < -0.4 is 10.1 Å². The van der Waals surface area contributed by atoms with Gasteiger partial charge in [-0.05, 0) is 61.9 Å². The van der Waals surface area contributed by atoms with E-state index in [4.69, 9.17) is 9.47 Å². The van der Waals surface area contributed by atoms with Crippen molar-refractivity contribution < 1.29 is 23.0 Å². The average molecular weight is 436 g/mol. The fourth-order valence-electron chi connectivity index (χ4n) is 3.72. The van der Waals surface area contributed by atoms with Crippen LogP contribution in [0.3, 0.4) is 0 Å². The van der Waals surface area contributed by atoms with Gasteiger partial charge in [0.15, 0.2) is 0 Å². The molecule has 1 amide bonds. The van der Waals surface area contributed by atoms with Crippen molar-refractivity contribution in [3.8, 4) is 5.75 Å². The summed E-state index contributed by atoms with van der Waals surface area (Å²) in [5, 5.41) is 2.44.